The summed E-state index contributed by atoms with van der Waals surface area (Å²) >= 11 is 1.23. The molecule has 0 saturated carbocycles. The lowest BCUT2D eigenvalue weighted by Gasteiger charge is -1.95. The molecule has 0 spiro atoms. The highest BCUT2D eigenvalue weighted by atomic mass is 32.1. The van der Waals surface area contributed by atoms with E-state index in [1.54, 1.807) is 12.3 Å². The van der Waals surface area contributed by atoms with E-state index in [-0.39, 0.29) is 0 Å². The van der Waals surface area contributed by atoms with Gasteiger partial charge in [0.15, 0.2) is 6.29 Å². The summed E-state index contributed by atoms with van der Waals surface area (Å²) < 4.78 is 4.50. The van der Waals surface area contributed by atoms with Crippen LogP contribution >= 0.6 is 11.3 Å². The summed E-state index contributed by atoms with van der Waals surface area (Å²) in [7, 11) is 1.30. The lowest BCUT2D eigenvalue weighted by molar-refractivity contribution is 0.0604. The predicted octanol–water partition coefficient (Wildman–Crippen LogP) is 1.66. The quantitative estimate of drug-likeness (QED) is 0.518. The fourth-order valence-electron chi connectivity index (χ4n) is 0.851. The molecule has 1 aromatic rings. The van der Waals surface area contributed by atoms with Gasteiger partial charge in [-0.15, -0.1) is 11.3 Å². The average molecular weight is 184 g/mol. The van der Waals surface area contributed by atoms with E-state index in [1.165, 1.54) is 18.4 Å². The molecule has 0 aromatic carbocycles. The molecule has 0 N–H and O–H groups in total. The van der Waals surface area contributed by atoms with Crippen LogP contribution in [-0.2, 0) is 4.74 Å². The molecule has 0 aliphatic rings. The summed E-state index contributed by atoms with van der Waals surface area (Å²) in [4.78, 5) is 21.9. The van der Waals surface area contributed by atoms with Crippen LogP contribution in [0.4, 0.5) is 0 Å². The van der Waals surface area contributed by atoms with E-state index < -0.39 is 5.97 Å². The van der Waals surface area contributed by atoms with Crippen molar-refractivity contribution in [3.8, 4) is 0 Å². The molecule has 0 saturated heterocycles. The van der Waals surface area contributed by atoms with Crippen molar-refractivity contribution in [1.82, 2.24) is 0 Å². The summed E-state index contributed by atoms with van der Waals surface area (Å²) in [5.74, 6) is -0.449. The molecule has 0 unspecified atom stereocenters. The van der Waals surface area contributed by atoms with Crippen LogP contribution in [0, 0.1) is 6.92 Å². The molecule has 0 atom stereocenters. The van der Waals surface area contributed by atoms with Gasteiger partial charge < -0.3 is 4.74 Å². The minimum Gasteiger partial charge on any atom is -0.465 e. The zero-order chi connectivity index (χ0) is 9.14. The second-order valence-electron chi connectivity index (χ2n) is 2.27. The summed E-state index contributed by atoms with van der Waals surface area (Å²) in [6.45, 7) is 1.78. The number of esters is 1. The molecular weight excluding hydrogens is 176 g/mol. The molecule has 1 heterocycles. The highest BCUT2D eigenvalue weighted by molar-refractivity contribution is 7.12. The molecule has 0 radical (unpaired) electrons. The van der Waals surface area contributed by atoms with Gasteiger partial charge in [0.25, 0.3) is 0 Å². The molecule has 0 fully saturated rings. The van der Waals surface area contributed by atoms with E-state index >= 15 is 0 Å². The van der Waals surface area contributed by atoms with E-state index in [1.807, 2.05) is 0 Å². The number of hydrogen-bond donors (Lipinski definition) is 0. The Labute approximate surface area is 74.0 Å². The maximum absolute atomic E-state index is 11.0. The Bertz CT molecular complexity index is 314. The van der Waals surface area contributed by atoms with Crippen LogP contribution in [0.25, 0.3) is 0 Å². The smallest absolute Gasteiger partial charge is 0.348 e. The van der Waals surface area contributed by atoms with Gasteiger partial charge in [0, 0.05) is 5.56 Å². The van der Waals surface area contributed by atoms with E-state index in [0.717, 1.165) is 5.56 Å². The number of hydrogen-bond acceptors (Lipinski definition) is 4. The third-order valence-electron chi connectivity index (χ3n) is 1.51. The van der Waals surface area contributed by atoms with Crippen LogP contribution in [0.1, 0.15) is 25.6 Å². The summed E-state index contributed by atoms with van der Waals surface area (Å²) in [5, 5.41) is 1.76. The SMILES string of the molecule is COC(=O)c1scc(C)c1C=O. The number of ether oxygens (including phenoxy) is 1. The van der Waals surface area contributed by atoms with Crippen LogP contribution in [0.3, 0.4) is 0 Å². The van der Waals surface area contributed by atoms with Crippen molar-refractivity contribution >= 4 is 23.6 Å². The second kappa shape index (κ2) is 3.49. The number of carbonyl (C=O) groups excluding carboxylic acids is 2. The number of methoxy groups -OCH3 is 1. The lowest BCUT2D eigenvalue weighted by Crippen LogP contribution is -2.01. The summed E-state index contributed by atoms with van der Waals surface area (Å²) in [5.41, 5.74) is 1.25. The summed E-state index contributed by atoms with van der Waals surface area (Å²) in [6.07, 6.45) is 0.679. The van der Waals surface area contributed by atoms with Crippen molar-refractivity contribution in [1.29, 1.82) is 0 Å². The largest absolute Gasteiger partial charge is 0.465 e. The Morgan fingerprint density at radius 1 is 1.67 bits per heavy atom. The van der Waals surface area contributed by atoms with Gasteiger partial charge in [-0.2, -0.15) is 0 Å². The Kier molecular flexibility index (Phi) is 2.60. The molecule has 0 bridgehead atoms. The highest BCUT2D eigenvalue weighted by Crippen LogP contribution is 2.20. The van der Waals surface area contributed by atoms with Gasteiger partial charge in [0.1, 0.15) is 4.88 Å². The van der Waals surface area contributed by atoms with E-state index in [2.05, 4.69) is 4.74 Å². The van der Waals surface area contributed by atoms with Gasteiger partial charge in [0.2, 0.25) is 0 Å². The molecule has 12 heavy (non-hydrogen) atoms. The maximum Gasteiger partial charge on any atom is 0.348 e. The van der Waals surface area contributed by atoms with Gasteiger partial charge in [-0.25, -0.2) is 4.79 Å². The number of rotatable bonds is 2. The zero-order valence-electron chi connectivity index (χ0n) is 6.79. The molecule has 0 aliphatic heterocycles. The fraction of sp³-hybridized carbons (Fsp3) is 0.250. The molecule has 1 rings (SSSR count). The standard InChI is InChI=1S/C8H8O3S/c1-5-4-12-7(6(5)3-9)8(10)11-2/h3-4H,1-2H3. The first kappa shape index (κ1) is 8.93. The van der Waals surface area contributed by atoms with Crippen LogP contribution in [0.2, 0.25) is 0 Å². The number of aldehydes is 1. The van der Waals surface area contributed by atoms with Crippen LogP contribution in [0.5, 0.6) is 0 Å². The van der Waals surface area contributed by atoms with Crippen LogP contribution in [0.15, 0.2) is 5.38 Å². The minimum absolute atomic E-state index is 0.380. The first-order valence-electron chi connectivity index (χ1n) is 3.32. The topological polar surface area (TPSA) is 43.4 Å². The van der Waals surface area contributed by atoms with Crippen LogP contribution in [-0.4, -0.2) is 19.4 Å². The molecule has 64 valence electrons. The van der Waals surface area contributed by atoms with Crippen molar-refractivity contribution < 1.29 is 14.3 Å². The lowest BCUT2D eigenvalue weighted by atomic mass is 10.2. The van der Waals surface area contributed by atoms with Crippen molar-refractivity contribution in [3.63, 3.8) is 0 Å². The maximum atomic E-state index is 11.0. The first-order valence-corrected chi connectivity index (χ1v) is 4.20. The third-order valence-corrected chi connectivity index (χ3v) is 2.61. The molecule has 0 amide bonds. The normalized spacial score (nSPS) is 9.50. The summed E-state index contributed by atoms with van der Waals surface area (Å²) in [6, 6.07) is 0. The fourth-order valence-corrected chi connectivity index (χ4v) is 1.79. The van der Waals surface area contributed by atoms with Gasteiger partial charge in [-0.05, 0) is 17.9 Å². The second-order valence-corrected chi connectivity index (χ2v) is 3.15. The Balaban J connectivity index is 3.15. The van der Waals surface area contributed by atoms with Crippen LogP contribution < -0.4 is 0 Å². The van der Waals surface area contributed by atoms with Crippen molar-refractivity contribution in [2.45, 2.75) is 6.92 Å². The number of aryl methyl sites for hydroxylation is 1. The van der Waals surface area contributed by atoms with Gasteiger partial charge in [-0.1, -0.05) is 0 Å². The van der Waals surface area contributed by atoms with Gasteiger partial charge in [0.05, 0.1) is 7.11 Å². The van der Waals surface area contributed by atoms with Gasteiger partial charge in [-0.3, -0.25) is 4.79 Å². The molecule has 1 aromatic heterocycles. The molecule has 4 heteroatoms. The average Bonchev–Trinajstić information content (AvgIpc) is 2.45. The Morgan fingerprint density at radius 2 is 2.33 bits per heavy atom. The first-order chi connectivity index (χ1) is 5.70. The molecule has 0 aliphatic carbocycles. The highest BCUT2D eigenvalue weighted by Gasteiger charge is 2.15. The third kappa shape index (κ3) is 1.38. The van der Waals surface area contributed by atoms with E-state index in [4.69, 9.17) is 0 Å². The number of thiophene rings is 1. The van der Waals surface area contributed by atoms with E-state index in [9.17, 15) is 9.59 Å². The molecule has 3 nitrogen and oxygen atoms in total. The minimum atomic E-state index is -0.449. The van der Waals surface area contributed by atoms with Crippen molar-refractivity contribution in [2.75, 3.05) is 7.11 Å². The number of carbonyl (C=O) groups is 2. The van der Waals surface area contributed by atoms with Crippen molar-refractivity contribution in [2.24, 2.45) is 0 Å². The Hall–Kier alpha value is -1.16. The van der Waals surface area contributed by atoms with Crippen molar-refractivity contribution in [3.05, 3.63) is 21.4 Å². The van der Waals surface area contributed by atoms with Gasteiger partial charge >= 0.3 is 5.97 Å². The Morgan fingerprint density at radius 3 is 2.83 bits per heavy atom. The molecular formula is C8H8O3S. The monoisotopic (exact) mass is 184 g/mol. The predicted molar refractivity (Wildman–Crippen MR) is 45.8 cm³/mol. The van der Waals surface area contributed by atoms with E-state index in [0.29, 0.717) is 16.7 Å². The zero-order valence-corrected chi connectivity index (χ0v) is 7.60.